The van der Waals surface area contributed by atoms with Crippen molar-refractivity contribution in [3.63, 3.8) is 0 Å². The van der Waals surface area contributed by atoms with Gasteiger partial charge in [0.2, 0.25) is 0 Å². The molecule has 6 heteroatoms. The van der Waals surface area contributed by atoms with Crippen LogP contribution in [-0.2, 0) is 6.54 Å². The first kappa shape index (κ1) is 14.2. The Morgan fingerprint density at radius 1 is 1.58 bits per heavy atom. The van der Waals surface area contributed by atoms with E-state index in [9.17, 15) is 10.1 Å². The molecule has 19 heavy (non-hydrogen) atoms. The lowest BCUT2D eigenvalue weighted by atomic mass is 10.1. The Morgan fingerprint density at radius 2 is 2.37 bits per heavy atom. The van der Waals surface area contributed by atoms with Gasteiger partial charge in [-0.2, -0.15) is 0 Å². The Kier molecular flexibility index (Phi) is 4.74. The zero-order valence-corrected chi connectivity index (χ0v) is 11.7. The molecule has 1 aromatic rings. The fourth-order valence-corrected chi connectivity index (χ4v) is 2.65. The molecule has 1 saturated heterocycles. The van der Waals surface area contributed by atoms with Crippen LogP contribution in [0.3, 0.4) is 0 Å². The Balaban J connectivity index is 2.03. The first-order valence-corrected chi connectivity index (χ1v) is 6.79. The highest BCUT2D eigenvalue weighted by Crippen LogP contribution is 2.24. The quantitative estimate of drug-likeness (QED) is 0.666. The normalized spacial score (nSPS) is 19.0. The van der Waals surface area contributed by atoms with Crippen LogP contribution in [0, 0.1) is 10.1 Å². The first-order chi connectivity index (χ1) is 9.06. The monoisotopic (exact) mass is 283 g/mol. The largest absolute Gasteiger partial charge is 0.313 e. The topological polar surface area (TPSA) is 58.4 Å². The first-order valence-electron chi connectivity index (χ1n) is 6.41. The molecule has 0 radical (unpaired) electrons. The molecule has 5 nitrogen and oxygen atoms in total. The Bertz CT molecular complexity index is 461. The van der Waals surface area contributed by atoms with E-state index in [-0.39, 0.29) is 10.6 Å². The lowest BCUT2D eigenvalue weighted by Gasteiger charge is -2.21. The summed E-state index contributed by atoms with van der Waals surface area (Å²) in [6, 6.07) is 5.35. The van der Waals surface area contributed by atoms with E-state index in [1.165, 1.54) is 18.9 Å². The van der Waals surface area contributed by atoms with Crippen LogP contribution in [-0.4, -0.2) is 36.0 Å². The minimum absolute atomic E-state index is 0.0960. The number of nitro benzene ring substituents is 1. The lowest BCUT2D eigenvalue weighted by molar-refractivity contribution is -0.385. The molecule has 0 spiro atoms. The highest BCUT2D eigenvalue weighted by Gasteiger charge is 2.19. The average molecular weight is 284 g/mol. The minimum atomic E-state index is -0.372. The molecule has 0 bridgehead atoms. The maximum atomic E-state index is 11.0. The van der Waals surface area contributed by atoms with Crippen LogP contribution in [0.1, 0.15) is 18.4 Å². The maximum Gasteiger partial charge on any atom is 0.275 e. The number of halogens is 1. The summed E-state index contributed by atoms with van der Waals surface area (Å²) in [5, 5.41) is 14.8. The highest BCUT2D eigenvalue weighted by atomic mass is 35.5. The van der Waals surface area contributed by atoms with Crippen molar-refractivity contribution in [1.29, 1.82) is 0 Å². The molecule has 2 rings (SSSR count). The van der Waals surface area contributed by atoms with Crippen molar-refractivity contribution in [2.45, 2.75) is 25.4 Å². The van der Waals surface area contributed by atoms with E-state index < -0.39 is 0 Å². The van der Waals surface area contributed by atoms with Crippen molar-refractivity contribution in [2.75, 3.05) is 20.1 Å². The van der Waals surface area contributed by atoms with E-state index in [0.29, 0.717) is 23.2 Å². The van der Waals surface area contributed by atoms with Gasteiger partial charge in [-0.05, 0) is 38.6 Å². The van der Waals surface area contributed by atoms with Gasteiger partial charge in [-0.25, -0.2) is 0 Å². The molecule has 1 aliphatic rings. The minimum Gasteiger partial charge on any atom is -0.313 e. The van der Waals surface area contributed by atoms with Crippen LogP contribution in [0.4, 0.5) is 5.69 Å². The third kappa shape index (κ3) is 3.89. The molecule has 1 fully saturated rings. The third-order valence-electron chi connectivity index (χ3n) is 3.38. The number of nitrogens with zero attached hydrogens (tertiary/aromatic N) is 2. The molecule has 1 aromatic carbocycles. The third-order valence-corrected chi connectivity index (χ3v) is 3.61. The Morgan fingerprint density at radius 3 is 3.00 bits per heavy atom. The summed E-state index contributed by atoms with van der Waals surface area (Å²) in [4.78, 5) is 12.8. The van der Waals surface area contributed by atoms with Crippen molar-refractivity contribution >= 4 is 17.3 Å². The molecule has 1 atom stereocenters. The van der Waals surface area contributed by atoms with E-state index in [1.807, 2.05) is 7.05 Å². The van der Waals surface area contributed by atoms with Crippen molar-refractivity contribution in [2.24, 2.45) is 0 Å². The number of rotatable bonds is 5. The summed E-state index contributed by atoms with van der Waals surface area (Å²) in [5.41, 5.74) is 0.800. The van der Waals surface area contributed by atoms with E-state index in [0.717, 1.165) is 13.1 Å². The predicted octanol–water partition coefficient (Wildman–Crippen LogP) is 2.43. The summed E-state index contributed by atoms with van der Waals surface area (Å²) < 4.78 is 0. The van der Waals surface area contributed by atoms with Crippen molar-refractivity contribution in [3.8, 4) is 0 Å². The Hall–Kier alpha value is -1.17. The van der Waals surface area contributed by atoms with Gasteiger partial charge in [-0.15, -0.1) is 0 Å². The highest BCUT2D eigenvalue weighted by molar-refractivity contribution is 6.30. The number of benzene rings is 1. The molecule has 104 valence electrons. The van der Waals surface area contributed by atoms with Gasteiger partial charge in [-0.1, -0.05) is 11.6 Å². The molecule has 0 amide bonds. The molecular formula is C13H18ClN3O2. The van der Waals surface area contributed by atoms with Gasteiger partial charge in [0.1, 0.15) is 0 Å². The summed E-state index contributed by atoms with van der Waals surface area (Å²) in [6.07, 6.45) is 2.38. The molecule has 0 aliphatic carbocycles. The van der Waals surface area contributed by atoms with Gasteiger partial charge in [0.15, 0.2) is 0 Å². The molecule has 1 aliphatic heterocycles. The molecule has 1 heterocycles. The second-order valence-electron chi connectivity index (χ2n) is 5.02. The Labute approximate surface area is 117 Å². The maximum absolute atomic E-state index is 11.0. The van der Waals surface area contributed by atoms with Crippen LogP contribution >= 0.6 is 11.6 Å². The number of nitrogens with one attached hydrogen (secondary N) is 1. The molecular weight excluding hydrogens is 266 g/mol. The molecule has 0 saturated carbocycles. The van der Waals surface area contributed by atoms with E-state index in [2.05, 4.69) is 10.2 Å². The summed E-state index contributed by atoms with van der Waals surface area (Å²) in [6.45, 7) is 2.53. The van der Waals surface area contributed by atoms with Crippen molar-refractivity contribution in [1.82, 2.24) is 10.2 Å². The van der Waals surface area contributed by atoms with Gasteiger partial charge in [0, 0.05) is 35.8 Å². The molecule has 1 unspecified atom stereocenters. The average Bonchev–Trinajstić information content (AvgIpc) is 2.83. The number of likely N-dealkylation sites (N-methyl/N-ethyl adjacent to an activating group) is 1. The summed E-state index contributed by atoms with van der Waals surface area (Å²) in [5.74, 6) is 0. The van der Waals surface area contributed by atoms with Crippen LogP contribution in [0.2, 0.25) is 5.02 Å². The molecule has 1 N–H and O–H groups in total. The predicted molar refractivity (Wildman–Crippen MR) is 75.5 cm³/mol. The van der Waals surface area contributed by atoms with Gasteiger partial charge >= 0.3 is 0 Å². The molecule has 0 aromatic heterocycles. The summed E-state index contributed by atoms with van der Waals surface area (Å²) in [7, 11) is 1.98. The number of hydrogen-bond acceptors (Lipinski definition) is 4. The van der Waals surface area contributed by atoms with E-state index >= 15 is 0 Å². The van der Waals surface area contributed by atoms with Gasteiger partial charge in [0.05, 0.1) is 4.92 Å². The van der Waals surface area contributed by atoms with Crippen LogP contribution in [0.15, 0.2) is 18.2 Å². The van der Waals surface area contributed by atoms with Gasteiger partial charge in [0.25, 0.3) is 5.69 Å². The number of hydrogen-bond donors (Lipinski definition) is 1. The fraction of sp³-hybridized carbons (Fsp3) is 0.538. The van der Waals surface area contributed by atoms with Crippen molar-refractivity contribution in [3.05, 3.63) is 38.9 Å². The SMILES string of the molecule is CN(Cc1ccc(Cl)cc1[N+](=O)[O-])CC1CCCN1. The smallest absolute Gasteiger partial charge is 0.275 e. The summed E-state index contributed by atoms with van der Waals surface area (Å²) >= 11 is 5.81. The second kappa shape index (κ2) is 6.32. The fourth-order valence-electron chi connectivity index (χ4n) is 2.48. The zero-order valence-electron chi connectivity index (χ0n) is 10.9. The van der Waals surface area contributed by atoms with E-state index in [4.69, 9.17) is 11.6 Å². The van der Waals surface area contributed by atoms with Gasteiger partial charge < -0.3 is 10.2 Å². The van der Waals surface area contributed by atoms with Crippen molar-refractivity contribution < 1.29 is 4.92 Å². The number of nitro groups is 1. The standard InChI is InChI=1S/C13H18ClN3O2/c1-16(9-12-3-2-6-15-12)8-10-4-5-11(14)7-13(10)17(18)19/h4-5,7,12,15H,2-3,6,8-9H2,1H3. The lowest BCUT2D eigenvalue weighted by Crippen LogP contribution is -2.35. The van der Waals surface area contributed by atoms with Gasteiger partial charge in [-0.3, -0.25) is 10.1 Å². The zero-order chi connectivity index (χ0) is 13.8. The van der Waals surface area contributed by atoms with Crippen LogP contribution in [0.5, 0.6) is 0 Å². The van der Waals surface area contributed by atoms with E-state index in [1.54, 1.807) is 12.1 Å². The second-order valence-corrected chi connectivity index (χ2v) is 5.46. The van der Waals surface area contributed by atoms with Crippen LogP contribution < -0.4 is 5.32 Å². The van der Waals surface area contributed by atoms with Crippen LogP contribution in [0.25, 0.3) is 0 Å².